The second-order valence-electron chi connectivity index (χ2n) is 6.45. The van der Waals surface area contributed by atoms with Crippen LogP contribution in [-0.4, -0.2) is 22.0 Å². The molecule has 0 aliphatic carbocycles. The summed E-state index contributed by atoms with van der Waals surface area (Å²) in [7, 11) is 0. The third kappa shape index (κ3) is 5.49. The number of pyridine rings is 1. The monoisotopic (exact) mass is 342 g/mol. The molecule has 2 aromatic rings. The van der Waals surface area contributed by atoms with Crippen molar-refractivity contribution < 1.29 is 9.59 Å². The molecular formula is C18H22N4O3. The maximum absolute atomic E-state index is 12.5. The number of nitrogens with two attached hydrogens (primary N) is 1. The van der Waals surface area contributed by atoms with Gasteiger partial charge >= 0.3 is 6.03 Å². The number of nitrogens with one attached hydrogen (secondary N) is 2. The van der Waals surface area contributed by atoms with Crippen LogP contribution in [0.15, 0.2) is 53.5 Å². The van der Waals surface area contributed by atoms with E-state index >= 15 is 0 Å². The molecular weight excluding hydrogens is 320 g/mol. The van der Waals surface area contributed by atoms with Gasteiger partial charge in [-0.3, -0.25) is 9.59 Å². The van der Waals surface area contributed by atoms with Crippen molar-refractivity contribution in [1.82, 2.24) is 9.88 Å². The predicted molar refractivity (Wildman–Crippen MR) is 96.3 cm³/mol. The molecule has 132 valence electrons. The maximum atomic E-state index is 12.5. The van der Waals surface area contributed by atoms with Crippen molar-refractivity contribution in [2.45, 2.75) is 32.4 Å². The van der Waals surface area contributed by atoms with Gasteiger partial charge in [0.2, 0.25) is 5.91 Å². The Bertz CT molecular complexity index is 813. The molecule has 7 nitrogen and oxygen atoms in total. The lowest BCUT2D eigenvalue weighted by atomic mass is 10.0. The molecule has 3 amide bonds. The molecule has 1 aromatic carbocycles. The summed E-state index contributed by atoms with van der Waals surface area (Å²) >= 11 is 0. The van der Waals surface area contributed by atoms with Crippen molar-refractivity contribution in [3.05, 3.63) is 64.6 Å². The molecule has 0 bridgehead atoms. The van der Waals surface area contributed by atoms with Crippen LogP contribution in [0.5, 0.6) is 0 Å². The molecule has 0 aliphatic rings. The molecule has 7 heteroatoms. The lowest BCUT2D eigenvalue weighted by Gasteiger charge is -2.24. The first-order valence-corrected chi connectivity index (χ1v) is 7.88. The van der Waals surface area contributed by atoms with E-state index in [2.05, 4.69) is 10.6 Å². The minimum absolute atomic E-state index is 0.00650. The third-order valence-corrected chi connectivity index (χ3v) is 3.53. The van der Waals surface area contributed by atoms with Gasteiger partial charge in [0.25, 0.3) is 5.56 Å². The summed E-state index contributed by atoms with van der Waals surface area (Å²) < 4.78 is 1.51. The molecule has 0 fully saturated rings. The average molecular weight is 342 g/mol. The van der Waals surface area contributed by atoms with Crippen LogP contribution < -0.4 is 21.9 Å². The lowest BCUT2D eigenvalue weighted by molar-refractivity contribution is -0.119. The van der Waals surface area contributed by atoms with Gasteiger partial charge in [0, 0.05) is 18.2 Å². The van der Waals surface area contributed by atoms with Gasteiger partial charge in [-0.05, 0) is 31.5 Å². The summed E-state index contributed by atoms with van der Waals surface area (Å²) in [4.78, 5) is 35.6. The van der Waals surface area contributed by atoms with E-state index in [0.29, 0.717) is 6.54 Å². The van der Waals surface area contributed by atoms with Crippen molar-refractivity contribution in [1.29, 1.82) is 0 Å². The number of anilines is 1. The zero-order valence-electron chi connectivity index (χ0n) is 14.3. The van der Waals surface area contributed by atoms with E-state index < -0.39 is 17.5 Å². The molecule has 0 saturated carbocycles. The van der Waals surface area contributed by atoms with Gasteiger partial charge in [0.05, 0.1) is 6.54 Å². The zero-order valence-corrected chi connectivity index (χ0v) is 14.3. The molecule has 0 aliphatic heterocycles. The molecule has 0 atom stereocenters. The average Bonchev–Trinajstić information content (AvgIpc) is 2.50. The van der Waals surface area contributed by atoms with Crippen molar-refractivity contribution in [3.63, 3.8) is 0 Å². The number of rotatable bonds is 6. The number of carbonyl (C=O) groups excluding carboxylic acids is 2. The number of aromatic nitrogens is 1. The number of primary amides is 1. The summed E-state index contributed by atoms with van der Waals surface area (Å²) in [5, 5.41) is 5.16. The molecule has 0 radical (unpaired) electrons. The van der Waals surface area contributed by atoms with E-state index in [1.54, 1.807) is 26.1 Å². The first kappa shape index (κ1) is 18.3. The summed E-state index contributed by atoms with van der Waals surface area (Å²) in [6.45, 7) is 3.76. The van der Waals surface area contributed by atoms with Crippen LogP contribution in [0.3, 0.4) is 0 Å². The highest BCUT2D eigenvalue weighted by molar-refractivity contribution is 5.90. The molecule has 0 unspecified atom stereocenters. The van der Waals surface area contributed by atoms with E-state index in [1.165, 1.54) is 10.6 Å². The van der Waals surface area contributed by atoms with E-state index in [9.17, 15) is 14.4 Å². The number of hydrogen-bond acceptors (Lipinski definition) is 3. The summed E-state index contributed by atoms with van der Waals surface area (Å²) in [5.74, 6) is -0.518. The topological polar surface area (TPSA) is 106 Å². The Labute approximate surface area is 145 Å². The highest BCUT2D eigenvalue weighted by atomic mass is 16.2. The molecule has 0 spiro atoms. The fourth-order valence-electron chi connectivity index (χ4n) is 2.48. The summed E-state index contributed by atoms with van der Waals surface area (Å²) in [6, 6.07) is 12.2. The molecule has 0 saturated heterocycles. The Morgan fingerprint density at radius 2 is 1.80 bits per heavy atom. The lowest BCUT2D eigenvalue weighted by Crippen LogP contribution is -2.48. The number of benzene rings is 1. The van der Waals surface area contributed by atoms with Crippen LogP contribution >= 0.6 is 0 Å². The van der Waals surface area contributed by atoms with Crippen molar-refractivity contribution in [2.24, 2.45) is 5.73 Å². The Morgan fingerprint density at radius 1 is 1.12 bits per heavy atom. The summed E-state index contributed by atoms with van der Waals surface area (Å²) in [5.41, 5.74) is 5.18. The maximum Gasteiger partial charge on any atom is 0.319 e. The van der Waals surface area contributed by atoms with Gasteiger partial charge in [-0.25, -0.2) is 4.79 Å². The highest BCUT2D eigenvalue weighted by Gasteiger charge is 2.23. The second-order valence-corrected chi connectivity index (χ2v) is 6.45. The van der Waals surface area contributed by atoms with Crippen LogP contribution in [0, 0.1) is 0 Å². The van der Waals surface area contributed by atoms with Crippen LogP contribution in [0.2, 0.25) is 0 Å². The largest absolute Gasteiger partial charge is 0.370 e. The minimum Gasteiger partial charge on any atom is -0.370 e. The Morgan fingerprint density at radius 3 is 2.44 bits per heavy atom. The van der Waals surface area contributed by atoms with Gasteiger partial charge in [0.1, 0.15) is 5.69 Å². The first-order chi connectivity index (χ1) is 11.8. The number of amides is 3. The fourth-order valence-corrected chi connectivity index (χ4v) is 2.48. The standard InChI is InChI=1S/C18H22N4O3/c1-18(2,11-15(19)23)21-17(25)20-14-9-6-10-22(16(14)24)12-13-7-4-3-5-8-13/h3-10H,11-12H2,1-2H3,(H2,19,23)(H2,20,21,25). The molecule has 1 aromatic heterocycles. The third-order valence-electron chi connectivity index (χ3n) is 3.53. The minimum atomic E-state index is -0.812. The van der Waals surface area contributed by atoms with Gasteiger partial charge < -0.3 is 20.9 Å². The number of carbonyl (C=O) groups is 2. The molecule has 1 heterocycles. The van der Waals surface area contributed by atoms with Crippen LogP contribution in [0.4, 0.5) is 10.5 Å². The van der Waals surface area contributed by atoms with Crippen LogP contribution in [0.25, 0.3) is 0 Å². The Hall–Kier alpha value is -3.09. The molecule has 2 rings (SSSR count). The zero-order chi connectivity index (χ0) is 18.4. The van der Waals surface area contributed by atoms with Gasteiger partial charge in [-0.2, -0.15) is 0 Å². The van der Waals surface area contributed by atoms with Gasteiger partial charge in [0.15, 0.2) is 0 Å². The summed E-state index contributed by atoms with van der Waals surface area (Å²) in [6.07, 6.45) is 1.66. The normalized spacial score (nSPS) is 11.0. The van der Waals surface area contributed by atoms with Crippen LogP contribution in [-0.2, 0) is 11.3 Å². The van der Waals surface area contributed by atoms with E-state index in [4.69, 9.17) is 5.73 Å². The van der Waals surface area contributed by atoms with Crippen molar-refractivity contribution >= 4 is 17.6 Å². The first-order valence-electron chi connectivity index (χ1n) is 7.88. The second kappa shape index (κ2) is 7.65. The van der Waals surface area contributed by atoms with Gasteiger partial charge in [-0.15, -0.1) is 0 Å². The Balaban J connectivity index is 2.10. The van der Waals surface area contributed by atoms with Gasteiger partial charge in [-0.1, -0.05) is 30.3 Å². The van der Waals surface area contributed by atoms with E-state index in [-0.39, 0.29) is 17.7 Å². The van der Waals surface area contributed by atoms with E-state index in [1.807, 2.05) is 30.3 Å². The Kier molecular flexibility index (Phi) is 5.59. The van der Waals surface area contributed by atoms with Crippen LogP contribution in [0.1, 0.15) is 25.8 Å². The number of nitrogens with zero attached hydrogens (tertiary/aromatic N) is 1. The smallest absolute Gasteiger partial charge is 0.319 e. The molecule has 4 N–H and O–H groups in total. The number of urea groups is 1. The fraction of sp³-hybridized carbons (Fsp3) is 0.278. The van der Waals surface area contributed by atoms with Crippen molar-refractivity contribution in [3.8, 4) is 0 Å². The predicted octanol–water partition coefficient (Wildman–Crippen LogP) is 1.67. The quantitative estimate of drug-likeness (QED) is 0.743. The number of hydrogen-bond donors (Lipinski definition) is 3. The van der Waals surface area contributed by atoms with Crippen molar-refractivity contribution in [2.75, 3.05) is 5.32 Å². The SMILES string of the molecule is CC(C)(CC(N)=O)NC(=O)Nc1cccn(Cc2ccccc2)c1=O. The van der Waals surface area contributed by atoms with E-state index in [0.717, 1.165) is 5.56 Å². The molecule has 25 heavy (non-hydrogen) atoms. The highest BCUT2D eigenvalue weighted by Crippen LogP contribution is 2.08.